The molecule has 0 unspecified atom stereocenters. The molecule has 2 amide bonds. The van der Waals surface area contributed by atoms with E-state index >= 15 is 0 Å². The van der Waals surface area contributed by atoms with Crippen molar-refractivity contribution in [2.45, 2.75) is 4.90 Å². The van der Waals surface area contributed by atoms with E-state index in [2.05, 4.69) is 20.0 Å². The second-order valence-corrected chi connectivity index (χ2v) is 8.26. The molecule has 0 fully saturated rings. The van der Waals surface area contributed by atoms with E-state index in [0.29, 0.717) is 4.70 Å². The highest BCUT2D eigenvalue weighted by Crippen LogP contribution is 2.35. The van der Waals surface area contributed by atoms with Gasteiger partial charge in [0.2, 0.25) is 17.7 Å². The van der Waals surface area contributed by atoms with E-state index < -0.39 is 22.0 Å². The van der Waals surface area contributed by atoms with Crippen LogP contribution in [0.4, 0.5) is 10.7 Å². The lowest BCUT2D eigenvalue weighted by atomic mass is 10.2. The van der Waals surface area contributed by atoms with Gasteiger partial charge in [-0.3, -0.25) is 5.32 Å². The molecule has 3 aromatic rings. The van der Waals surface area contributed by atoms with Crippen LogP contribution >= 0.6 is 11.3 Å². The monoisotopic (exact) mass is 452 g/mol. The minimum Gasteiger partial charge on any atom is -0.481 e. The number of carbonyl (C=O) groups is 2. The molecule has 11 nitrogen and oxygen atoms in total. The third kappa shape index (κ3) is 4.26. The summed E-state index contributed by atoms with van der Waals surface area (Å²) in [5.41, 5.74) is 0. The first-order valence-corrected chi connectivity index (χ1v) is 10.5. The van der Waals surface area contributed by atoms with Gasteiger partial charge in [-0.15, -0.1) is 11.3 Å². The smallest absolute Gasteiger partial charge is 0.349 e. The van der Waals surface area contributed by atoms with Crippen LogP contribution in [0.25, 0.3) is 10.1 Å². The summed E-state index contributed by atoms with van der Waals surface area (Å²) >= 11 is 0.941. The lowest BCUT2D eigenvalue weighted by Crippen LogP contribution is -2.35. The van der Waals surface area contributed by atoms with Crippen molar-refractivity contribution in [3.8, 4) is 11.8 Å². The van der Waals surface area contributed by atoms with E-state index in [9.17, 15) is 18.0 Å². The van der Waals surface area contributed by atoms with Crippen molar-refractivity contribution in [1.82, 2.24) is 14.7 Å². The summed E-state index contributed by atoms with van der Waals surface area (Å²) in [6, 6.07) is 6.73. The Morgan fingerprint density at radius 1 is 1.03 bits per heavy atom. The van der Waals surface area contributed by atoms with Crippen LogP contribution in [0.3, 0.4) is 0 Å². The first-order valence-electron chi connectivity index (χ1n) is 8.19. The zero-order chi connectivity index (χ0) is 21.9. The van der Waals surface area contributed by atoms with Gasteiger partial charge in [-0.2, -0.15) is 9.97 Å². The third-order valence-corrected chi connectivity index (χ3v) is 6.43. The summed E-state index contributed by atoms with van der Waals surface area (Å²) in [5, 5.41) is 2.48. The molecule has 2 N–H and O–H groups in total. The van der Waals surface area contributed by atoms with E-state index in [1.807, 2.05) is 4.72 Å². The third-order valence-electron chi connectivity index (χ3n) is 3.74. The van der Waals surface area contributed by atoms with E-state index in [0.717, 1.165) is 18.4 Å². The van der Waals surface area contributed by atoms with Crippen molar-refractivity contribution in [2.24, 2.45) is 0 Å². The standard InChI is InChI=1S/C17H16N4O7S2/c1-26-11-8-12(27-2)19-16(18-11)20-17(23)21-30(24,25)14-9-6-4-5-7-10(9)29-13(14)15(22)28-3/h4-8H,1-3H3,(H2,18,19,20,21,23). The molecule has 0 radical (unpaired) electrons. The minimum absolute atomic E-state index is 0.0943. The number of anilines is 1. The van der Waals surface area contributed by atoms with Crippen LogP contribution in [-0.2, 0) is 14.8 Å². The van der Waals surface area contributed by atoms with Crippen molar-refractivity contribution in [3.05, 3.63) is 35.2 Å². The molecule has 0 saturated heterocycles. The average molecular weight is 452 g/mol. The fourth-order valence-electron chi connectivity index (χ4n) is 2.48. The number of ether oxygens (including phenoxy) is 3. The summed E-state index contributed by atoms with van der Waals surface area (Å²) < 4.78 is 42.9. The summed E-state index contributed by atoms with van der Waals surface area (Å²) in [7, 11) is -0.608. The maximum Gasteiger partial charge on any atom is 0.349 e. The number of hydrogen-bond donors (Lipinski definition) is 2. The number of thiophene rings is 1. The van der Waals surface area contributed by atoms with Gasteiger partial charge in [0.1, 0.15) is 9.77 Å². The second kappa shape index (κ2) is 8.51. The van der Waals surface area contributed by atoms with Crippen LogP contribution in [0.5, 0.6) is 11.8 Å². The van der Waals surface area contributed by atoms with Crippen LogP contribution in [0, 0.1) is 0 Å². The lowest BCUT2D eigenvalue weighted by Gasteiger charge is -2.10. The molecule has 2 heterocycles. The number of aromatic nitrogens is 2. The quantitative estimate of drug-likeness (QED) is 0.536. The topological polar surface area (TPSA) is 146 Å². The predicted molar refractivity (Wildman–Crippen MR) is 108 cm³/mol. The van der Waals surface area contributed by atoms with Gasteiger partial charge in [0.05, 0.1) is 27.4 Å². The molecule has 0 saturated carbocycles. The largest absolute Gasteiger partial charge is 0.481 e. The van der Waals surface area contributed by atoms with Crippen LogP contribution in [0.15, 0.2) is 35.2 Å². The van der Waals surface area contributed by atoms with Crippen molar-refractivity contribution in [1.29, 1.82) is 0 Å². The molecule has 30 heavy (non-hydrogen) atoms. The van der Waals surface area contributed by atoms with Gasteiger partial charge in [0, 0.05) is 10.1 Å². The van der Waals surface area contributed by atoms with E-state index in [-0.39, 0.29) is 32.9 Å². The number of nitrogens with one attached hydrogen (secondary N) is 2. The summed E-state index contributed by atoms with van der Waals surface area (Å²) in [5.74, 6) is -0.895. The Bertz CT molecular complexity index is 1200. The average Bonchev–Trinajstić information content (AvgIpc) is 3.12. The number of sulfonamides is 1. The fraction of sp³-hybridized carbons (Fsp3) is 0.176. The van der Waals surface area contributed by atoms with Gasteiger partial charge in [0.15, 0.2) is 0 Å². The molecule has 0 aliphatic heterocycles. The molecule has 13 heteroatoms. The van der Waals surface area contributed by atoms with E-state index in [4.69, 9.17) is 9.47 Å². The Balaban J connectivity index is 1.94. The molecule has 2 aromatic heterocycles. The number of amides is 2. The van der Waals surface area contributed by atoms with Gasteiger partial charge >= 0.3 is 12.0 Å². The molecular weight excluding hydrogens is 436 g/mol. The minimum atomic E-state index is -4.45. The Kier molecular flexibility index (Phi) is 6.03. The first-order chi connectivity index (χ1) is 14.3. The number of esters is 1. The number of hydrogen-bond acceptors (Lipinski definition) is 10. The van der Waals surface area contributed by atoms with E-state index in [1.165, 1.54) is 26.4 Å². The molecule has 0 spiro atoms. The van der Waals surface area contributed by atoms with Crippen molar-refractivity contribution in [3.63, 3.8) is 0 Å². The zero-order valence-corrected chi connectivity index (χ0v) is 17.6. The molecule has 1 aromatic carbocycles. The van der Waals surface area contributed by atoms with Crippen LogP contribution in [0.2, 0.25) is 0 Å². The summed E-state index contributed by atoms with van der Waals surface area (Å²) in [6.07, 6.45) is 0. The van der Waals surface area contributed by atoms with Crippen LogP contribution in [0.1, 0.15) is 9.67 Å². The zero-order valence-electron chi connectivity index (χ0n) is 16.0. The molecule has 0 aliphatic rings. The number of benzene rings is 1. The number of methoxy groups -OCH3 is 3. The fourth-order valence-corrected chi connectivity index (χ4v) is 5.21. The SMILES string of the molecule is COC(=O)c1sc2ccccc2c1S(=O)(=O)NC(=O)Nc1nc(OC)cc(OC)n1. The number of urea groups is 1. The van der Waals surface area contributed by atoms with Crippen molar-refractivity contribution in [2.75, 3.05) is 26.6 Å². The maximum absolute atomic E-state index is 12.9. The molecule has 0 atom stereocenters. The Morgan fingerprint density at radius 3 is 2.27 bits per heavy atom. The van der Waals surface area contributed by atoms with Gasteiger partial charge < -0.3 is 14.2 Å². The summed E-state index contributed by atoms with van der Waals surface area (Å²) in [4.78, 5) is 31.7. The van der Waals surface area contributed by atoms with Gasteiger partial charge in [-0.1, -0.05) is 18.2 Å². The number of nitrogens with zero attached hydrogens (tertiary/aromatic N) is 2. The van der Waals surface area contributed by atoms with Gasteiger partial charge in [-0.05, 0) is 6.07 Å². The van der Waals surface area contributed by atoms with Gasteiger partial charge in [-0.25, -0.2) is 22.7 Å². The number of carbonyl (C=O) groups excluding carboxylic acids is 2. The second-order valence-electron chi connectivity index (χ2n) is 5.58. The molecule has 0 aliphatic carbocycles. The molecule has 158 valence electrons. The Labute approximate surface area is 175 Å². The van der Waals surface area contributed by atoms with Crippen LogP contribution in [-0.4, -0.2) is 51.7 Å². The van der Waals surface area contributed by atoms with Crippen molar-refractivity contribution < 1.29 is 32.2 Å². The predicted octanol–water partition coefficient (Wildman–Crippen LogP) is 2.01. The first kappa shape index (κ1) is 21.3. The highest BCUT2D eigenvalue weighted by atomic mass is 32.2. The molecular formula is C17H16N4O7S2. The van der Waals surface area contributed by atoms with Crippen LogP contribution < -0.4 is 19.5 Å². The van der Waals surface area contributed by atoms with E-state index in [1.54, 1.807) is 18.2 Å². The summed E-state index contributed by atoms with van der Waals surface area (Å²) in [6.45, 7) is 0. The maximum atomic E-state index is 12.9. The van der Waals surface area contributed by atoms with Crippen molar-refractivity contribution >= 4 is 49.4 Å². The molecule has 0 bridgehead atoms. The highest BCUT2D eigenvalue weighted by Gasteiger charge is 2.30. The number of fused-ring (bicyclic) bond motifs is 1. The Hall–Kier alpha value is -3.45. The highest BCUT2D eigenvalue weighted by molar-refractivity contribution is 7.90. The normalized spacial score (nSPS) is 11.0. The molecule has 3 rings (SSSR count). The van der Waals surface area contributed by atoms with Gasteiger partial charge in [0.25, 0.3) is 10.0 Å². The number of rotatable bonds is 6. The Morgan fingerprint density at radius 2 is 1.67 bits per heavy atom. The lowest BCUT2D eigenvalue weighted by molar-refractivity contribution is 0.0602.